The molecule has 0 radical (unpaired) electrons. The lowest BCUT2D eigenvalue weighted by Gasteiger charge is -2.34. The Labute approximate surface area is 130 Å². The summed E-state index contributed by atoms with van der Waals surface area (Å²) in [5.41, 5.74) is 0. The van der Waals surface area contributed by atoms with Gasteiger partial charge in [-0.2, -0.15) is 4.31 Å². The highest BCUT2D eigenvalue weighted by Crippen LogP contribution is 2.23. The van der Waals surface area contributed by atoms with E-state index in [2.05, 4.69) is 18.7 Å². The van der Waals surface area contributed by atoms with Crippen LogP contribution in [0.3, 0.4) is 0 Å². The summed E-state index contributed by atoms with van der Waals surface area (Å²) in [4.78, 5) is 1.34. The lowest BCUT2D eigenvalue weighted by atomic mass is 10.1. The molecule has 1 aliphatic heterocycles. The highest BCUT2D eigenvalue weighted by molar-refractivity contribution is 7.89. The van der Waals surface area contributed by atoms with Crippen LogP contribution in [0, 0.1) is 17.6 Å². The lowest BCUT2D eigenvalue weighted by Crippen LogP contribution is -2.49. The monoisotopic (exact) mass is 332 g/mol. The van der Waals surface area contributed by atoms with E-state index in [1.807, 2.05) is 0 Å². The summed E-state index contributed by atoms with van der Waals surface area (Å²) in [5.74, 6) is -1.49. The second kappa shape index (κ2) is 7.02. The molecular weight excluding hydrogens is 310 g/mol. The Balaban J connectivity index is 2.07. The van der Waals surface area contributed by atoms with Crippen molar-refractivity contribution in [2.24, 2.45) is 5.92 Å². The number of nitrogens with zero attached hydrogens (tertiary/aromatic N) is 2. The van der Waals surface area contributed by atoms with Crippen LogP contribution in [0.25, 0.3) is 0 Å². The Morgan fingerprint density at radius 2 is 1.64 bits per heavy atom. The van der Waals surface area contributed by atoms with Gasteiger partial charge in [0.25, 0.3) is 0 Å². The van der Waals surface area contributed by atoms with Crippen molar-refractivity contribution in [2.45, 2.75) is 25.2 Å². The average Bonchev–Trinajstić information content (AvgIpc) is 2.45. The van der Waals surface area contributed by atoms with Crippen LogP contribution in [0.4, 0.5) is 8.78 Å². The molecule has 1 heterocycles. The fraction of sp³-hybridized carbons (Fsp3) is 0.600. The minimum Gasteiger partial charge on any atom is -0.301 e. The molecule has 0 spiro atoms. The van der Waals surface area contributed by atoms with Crippen LogP contribution in [-0.4, -0.2) is 50.3 Å². The molecule has 0 N–H and O–H groups in total. The minimum atomic E-state index is -4.12. The highest BCUT2D eigenvalue weighted by atomic mass is 32.2. The van der Waals surface area contributed by atoms with Gasteiger partial charge >= 0.3 is 0 Å². The first-order valence-corrected chi connectivity index (χ1v) is 8.93. The molecule has 4 nitrogen and oxygen atoms in total. The molecule has 0 atom stereocenters. The fourth-order valence-corrected chi connectivity index (χ4v) is 4.02. The van der Waals surface area contributed by atoms with E-state index >= 15 is 0 Å². The molecule has 0 aromatic heterocycles. The van der Waals surface area contributed by atoms with Gasteiger partial charge in [0.2, 0.25) is 10.0 Å². The van der Waals surface area contributed by atoms with E-state index in [0.29, 0.717) is 19.0 Å². The maximum absolute atomic E-state index is 13.7. The van der Waals surface area contributed by atoms with E-state index in [1.165, 1.54) is 4.31 Å². The first kappa shape index (κ1) is 17.3. The van der Waals surface area contributed by atoms with Crippen LogP contribution in [-0.2, 0) is 10.0 Å². The number of sulfonamides is 1. The lowest BCUT2D eigenvalue weighted by molar-refractivity contribution is 0.180. The maximum atomic E-state index is 13.7. The smallest absolute Gasteiger partial charge is 0.249 e. The molecule has 1 fully saturated rings. The Morgan fingerprint density at radius 3 is 2.14 bits per heavy atom. The number of piperazine rings is 1. The van der Waals surface area contributed by atoms with Crippen molar-refractivity contribution in [2.75, 3.05) is 32.7 Å². The van der Waals surface area contributed by atoms with Gasteiger partial charge in [-0.1, -0.05) is 19.9 Å². The zero-order valence-corrected chi connectivity index (χ0v) is 13.7. The van der Waals surface area contributed by atoms with E-state index in [0.717, 1.165) is 31.2 Å². The number of rotatable bonds is 5. The Bertz CT molecular complexity index is 592. The summed E-state index contributed by atoms with van der Waals surface area (Å²) in [5, 5.41) is 0. The van der Waals surface area contributed by atoms with Crippen molar-refractivity contribution in [3.8, 4) is 0 Å². The van der Waals surface area contributed by atoms with E-state index in [-0.39, 0.29) is 13.1 Å². The highest BCUT2D eigenvalue weighted by Gasteiger charge is 2.32. The number of hydrogen-bond acceptors (Lipinski definition) is 3. The van der Waals surface area contributed by atoms with Gasteiger partial charge in [-0.15, -0.1) is 0 Å². The zero-order chi connectivity index (χ0) is 16.3. The second-order valence-electron chi connectivity index (χ2n) is 5.98. The summed E-state index contributed by atoms with van der Waals surface area (Å²) in [6.07, 6.45) is 1.05. The van der Waals surface area contributed by atoms with Gasteiger partial charge in [-0.05, 0) is 31.0 Å². The molecular formula is C15H22F2N2O2S. The normalized spacial score (nSPS) is 18.0. The topological polar surface area (TPSA) is 40.6 Å². The molecule has 0 unspecified atom stereocenters. The maximum Gasteiger partial charge on any atom is 0.249 e. The van der Waals surface area contributed by atoms with Crippen molar-refractivity contribution in [1.29, 1.82) is 0 Å². The molecule has 0 amide bonds. The molecule has 22 heavy (non-hydrogen) atoms. The summed E-state index contributed by atoms with van der Waals surface area (Å²) < 4.78 is 53.5. The van der Waals surface area contributed by atoms with Crippen LogP contribution in [0.2, 0.25) is 0 Å². The van der Waals surface area contributed by atoms with Gasteiger partial charge in [0.1, 0.15) is 11.6 Å². The van der Waals surface area contributed by atoms with E-state index in [4.69, 9.17) is 0 Å². The van der Waals surface area contributed by atoms with Crippen LogP contribution >= 0.6 is 0 Å². The third-order valence-electron chi connectivity index (χ3n) is 3.87. The molecule has 1 saturated heterocycles. The molecule has 1 aromatic carbocycles. The van der Waals surface area contributed by atoms with E-state index < -0.39 is 26.6 Å². The molecule has 1 aromatic rings. The third-order valence-corrected chi connectivity index (χ3v) is 5.82. The van der Waals surface area contributed by atoms with Crippen LogP contribution in [0.5, 0.6) is 0 Å². The largest absolute Gasteiger partial charge is 0.301 e. The Kier molecular flexibility index (Phi) is 5.52. The van der Waals surface area contributed by atoms with Crippen molar-refractivity contribution in [3.05, 3.63) is 29.8 Å². The molecule has 0 aliphatic carbocycles. The summed E-state index contributed by atoms with van der Waals surface area (Å²) >= 11 is 0. The fourth-order valence-electron chi connectivity index (χ4n) is 2.49. The minimum absolute atomic E-state index is 0.258. The molecule has 2 rings (SSSR count). The van der Waals surface area contributed by atoms with E-state index in [1.54, 1.807) is 0 Å². The Hall–Kier alpha value is -1.05. The molecule has 0 saturated carbocycles. The van der Waals surface area contributed by atoms with Crippen LogP contribution in [0.1, 0.15) is 20.3 Å². The van der Waals surface area contributed by atoms with Gasteiger partial charge in [-0.25, -0.2) is 17.2 Å². The quantitative estimate of drug-likeness (QED) is 0.831. The SMILES string of the molecule is CC(C)CCN1CCN(S(=O)(=O)c2c(F)cccc2F)CC1. The third kappa shape index (κ3) is 3.83. The van der Waals surface area contributed by atoms with Gasteiger partial charge in [0, 0.05) is 26.2 Å². The van der Waals surface area contributed by atoms with Crippen molar-refractivity contribution in [1.82, 2.24) is 9.21 Å². The van der Waals surface area contributed by atoms with Crippen LogP contribution < -0.4 is 0 Å². The molecule has 7 heteroatoms. The number of halogens is 2. The van der Waals surface area contributed by atoms with Gasteiger partial charge in [-0.3, -0.25) is 0 Å². The van der Waals surface area contributed by atoms with Crippen molar-refractivity contribution in [3.63, 3.8) is 0 Å². The second-order valence-corrected chi connectivity index (χ2v) is 7.85. The summed E-state index contributed by atoms with van der Waals surface area (Å²) in [6, 6.07) is 3.09. The summed E-state index contributed by atoms with van der Waals surface area (Å²) in [7, 11) is -4.12. The van der Waals surface area contributed by atoms with E-state index in [9.17, 15) is 17.2 Å². The molecule has 0 bridgehead atoms. The zero-order valence-electron chi connectivity index (χ0n) is 12.9. The van der Waals surface area contributed by atoms with Gasteiger partial charge in [0.15, 0.2) is 4.90 Å². The molecule has 1 aliphatic rings. The van der Waals surface area contributed by atoms with Crippen molar-refractivity contribution < 1.29 is 17.2 Å². The van der Waals surface area contributed by atoms with Gasteiger partial charge in [0.05, 0.1) is 0 Å². The van der Waals surface area contributed by atoms with Gasteiger partial charge < -0.3 is 4.90 Å². The predicted octanol–water partition coefficient (Wildman–Crippen LogP) is 2.32. The number of hydrogen-bond donors (Lipinski definition) is 0. The average molecular weight is 332 g/mol. The molecule has 124 valence electrons. The summed E-state index contributed by atoms with van der Waals surface area (Å²) in [6.45, 7) is 6.88. The first-order chi connectivity index (χ1) is 10.3. The number of benzene rings is 1. The van der Waals surface area contributed by atoms with Crippen LogP contribution in [0.15, 0.2) is 23.1 Å². The first-order valence-electron chi connectivity index (χ1n) is 7.49. The predicted molar refractivity (Wildman–Crippen MR) is 81.0 cm³/mol. The Morgan fingerprint density at radius 1 is 1.09 bits per heavy atom. The standard InChI is InChI=1S/C15H22F2N2O2S/c1-12(2)6-7-18-8-10-19(11-9-18)22(20,21)15-13(16)4-3-5-14(15)17/h3-5,12H,6-11H2,1-2H3. The van der Waals surface area contributed by atoms with Crippen molar-refractivity contribution >= 4 is 10.0 Å².